The van der Waals surface area contributed by atoms with Crippen molar-refractivity contribution in [3.05, 3.63) is 57.2 Å². The number of nitrogens with two attached hydrogens (primary N) is 1. The van der Waals surface area contributed by atoms with Crippen LogP contribution < -0.4 is 17.0 Å². The van der Waals surface area contributed by atoms with Gasteiger partial charge in [-0.05, 0) is 30.3 Å². The highest BCUT2D eigenvalue weighted by Gasteiger charge is 2.16. The molecule has 0 fully saturated rings. The van der Waals surface area contributed by atoms with E-state index in [-0.39, 0.29) is 17.3 Å². The summed E-state index contributed by atoms with van der Waals surface area (Å²) in [6, 6.07) is 9.21. The molecule has 0 unspecified atom stereocenters. The molecule has 21 heavy (non-hydrogen) atoms. The molecule has 0 aliphatic rings. The van der Waals surface area contributed by atoms with Crippen molar-refractivity contribution in [2.24, 2.45) is 0 Å². The van der Waals surface area contributed by atoms with Crippen LogP contribution in [0.2, 0.25) is 0 Å². The van der Waals surface area contributed by atoms with Gasteiger partial charge in [-0.15, -0.1) is 0 Å². The van der Waals surface area contributed by atoms with Gasteiger partial charge in [0.25, 0.3) is 5.56 Å². The summed E-state index contributed by atoms with van der Waals surface area (Å²) in [6.07, 6.45) is 0. The van der Waals surface area contributed by atoms with E-state index in [0.717, 1.165) is 0 Å². The summed E-state index contributed by atoms with van der Waals surface area (Å²) in [6.45, 7) is 0. The summed E-state index contributed by atoms with van der Waals surface area (Å²) in [5.74, 6) is -0.184. The lowest BCUT2D eigenvalue weighted by molar-refractivity contribution is 0.453. The number of benzene rings is 1. The second kappa shape index (κ2) is 4.67. The Kier molecular flexibility index (Phi) is 2.83. The molecular formula is C13H11N5O3. The van der Waals surface area contributed by atoms with Crippen LogP contribution in [0.4, 0.5) is 5.69 Å². The molecule has 8 heteroatoms. The van der Waals surface area contributed by atoms with Crippen molar-refractivity contribution in [1.82, 2.24) is 19.7 Å². The number of aromatic hydroxyl groups is 1. The van der Waals surface area contributed by atoms with E-state index in [1.54, 1.807) is 24.3 Å². The van der Waals surface area contributed by atoms with Gasteiger partial charge in [0, 0.05) is 11.8 Å². The molecule has 3 rings (SSSR count). The number of aromatic amines is 2. The van der Waals surface area contributed by atoms with E-state index in [1.165, 1.54) is 16.7 Å². The van der Waals surface area contributed by atoms with E-state index < -0.39 is 11.2 Å². The topological polar surface area (TPSA) is 130 Å². The summed E-state index contributed by atoms with van der Waals surface area (Å²) in [5.41, 5.74) is 6.01. The Balaban J connectivity index is 2.24. The second-order valence-electron chi connectivity index (χ2n) is 4.36. The first-order valence-electron chi connectivity index (χ1n) is 6.02. The first kappa shape index (κ1) is 12.7. The Morgan fingerprint density at radius 1 is 1.10 bits per heavy atom. The minimum Gasteiger partial charge on any atom is -0.494 e. The normalized spacial score (nSPS) is 10.7. The average Bonchev–Trinajstić information content (AvgIpc) is 2.82. The number of nitrogen functional groups attached to an aromatic ring is 1. The lowest BCUT2D eigenvalue weighted by Gasteiger charge is -2.07. The summed E-state index contributed by atoms with van der Waals surface area (Å²) < 4.78 is 1.27. The highest BCUT2D eigenvalue weighted by Crippen LogP contribution is 2.24. The molecule has 0 atom stereocenters. The number of aromatic nitrogens is 4. The van der Waals surface area contributed by atoms with Crippen LogP contribution in [0.15, 0.2) is 46.0 Å². The average molecular weight is 285 g/mol. The zero-order valence-electron chi connectivity index (χ0n) is 10.7. The zero-order chi connectivity index (χ0) is 15.0. The van der Waals surface area contributed by atoms with Gasteiger partial charge in [0.05, 0.1) is 11.3 Å². The van der Waals surface area contributed by atoms with Crippen LogP contribution in [-0.2, 0) is 0 Å². The van der Waals surface area contributed by atoms with E-state index in [2.05, 4.69) is 15.2 Å². The van der Waals surface area contributed by atoms with Crippen molar-refractivity contribution < 1.29 is 5.11 Å². The fraction of sp³-hybridized carbons (Fsp3) is 0. The molecule has 3 aromatic rings. The van der Waals surface area contributed by atoms with Crippen LogP contribution in [0.5, 0.6) is 5.88 Å². The molecule has 0 aliphatic heterocycles. The molecule has 0 saturated heterocycles. The monoisotopic (exact) mass is 285 g/mol. The summed E-state index contributed by atoms with van der Waals surface area (Å²) in [7, 11) is 0. The second-order valence-corrected chi connectivity index (χ2v) is 4.36. The van der Waals surface area contributed by atoms with E-state index >= 15 is 0 Å². The molecule has 0 saturated carbocycles. The SMILES string of the molecule is Nc1ccc(-n2c(-c3ccc(=O)[nH]c3O)n[nH]c2=O)cc1. The van der Waals surface area contributed by atoms with Crippen molar-refractivity contribution in [2.45, 2.75) is 0 Å². The molecule has 5 N–H and O–H groups in total. The minimum atomic E-state index is -0.472. The number of anilines is 1. The minimum absolute atomic E-state index is 0.179. The number of H-pyrrole nitrogens is 2. The van der Waals surface area contributed by atoms with Gasteiger partial charge in [0.2, 0.25) is 5.88 Å². The van der Waals surface area contributed by atoms with Gasteiger partial charge in [0.15, 0.2) is 5.82 Å². The van der Waals surface area contributed by atoms with Crippen molar-refractivity contribution in [3.8, 4) is 23.0 Å². The van der Waals surface area contributed by atoms with Crippen molar-refractivity contribution in [1.29, 1.82) is 0 Å². The van der Waals surface area contributed by atoms with Gasteiger partial charge in [0.1, 0.15) is 0 Å². The van der Waals surface area contributed by atoms with E-state index in [1.807, 2.05) is 0 Å². The van der Waals surface area contributed by atoms with Gasteiger partial charge in [-0.3, -0.25) is 9.78 Å². The van der Waals surface area contributed by atoms with E-state index in [0.29, 0.717) is 11.4 Å². The molecule has 106 valence electrons. The van der Waals surface area contributed by atoms with Crippen LogP contribution >= 0.6 is 0 Å². The molecular weight excluding hydrogens is 274 g/mol. The smallest absolute Gasteiger partial charge is 0.348 e. The molecule has 0 spiro atoms. The lowest BCUT2D eigenvalue weighted by atomic mass is 10.2. The summed E-state index contributed by atoms with van der Waals surface area (Å²) in [4.78, 5) is 25.3. The van der Waals surface area contributed by atoms with Crippen molar-refractivity contribution in [3.63, 3.8) is 0 Å². The number of pyridine rings is 1. The highest BCUT2D eigenvalue weighted by molar-refractivity contribution is 5.63. The number of nitrogens with zero attached hydrogens (tertiary/aromatic N) is 2. The highest BCUT2D eigenvalue weighted by atomic mass is 16.3. The maximum atomic E-state index is 11.9. The Hall–Kier alpha value is -3.29. The third-order valence-corrected chi connectivity index (χ3v) is 2.96. The largest absolute Gasteiger partial charge is 0.494 e. The van der Waals surface area contributed by atoms with Crippen molar-refractivity contribution >= 4 is 5.69 Å². The van der Waals surface area contributed by atoms with Gasteiger partial charge >= 0.3 is 5.69 Å². The van der Waals surface area contributed by atoms with Crippen LogP contribution in [0, 0.1) is 0 Å². The molecule has 0 radical (unpaired) electrons. The molecule has 8 nitrogen and oxygen atoms in total. The van der Waals surface area contributed by atoms with Crippen LogP contribution in [0.25, 0.3) is 17.1 Å². The Bertz CT molecular complexity index is 905. The quantitative estimate of drug-likeness (QED) is 0.500. The standard InChI is InChI=1S/C13H11N5O3/c14-7-1-3-8(4-2-7)18-11(16-17-13(18)21)9-5-6-10(19)15-12(9)20/h1-6H,14H2,(H,17,21)(H2,15,19,20). The first-order valence-corrected chi connectivity index (χ1v) is 6.02. The molecule has 1 aromatic carbocycles. The van der Waals surface area contributed by atoms with Gasteiger partial charge < -0.3 is 10.8 Å². The summed E-state index contributed by atoms with van der Waals surface area (Å²) in [5, 5.41) is 16.0. The Morgan fingerprint density at radius 3 is 2.48 bits per heavy atom. The van der Waals surface area contributed by atoms with Gasteiger partial charge in [-0.25, -0.2) is 14.5 Å². The maximum Gasteiger partial charge on any atom is 0.348 e. The lowest BCUT2D eigenvalue weighted by Crippen LogP contribution is -2.16. The number of nitrogens with one attached hydrogen (secondary N) is 2. The third kappa shape index (κ3) is 2.18. The van der Waals surface area contributed by atoms with Crippen LogP contribution in [0.1, 0.15) is 0 Å². The van der Waals surface area contributed by atoms with Crippen LogP contribution in [0.3, 0.4) is 0 Å². The zero-order valence-corrected chi connectivity index (χ0v) is 10.7. The van der Waals surface area contributed by atoms with E-state index in [9.17, 15) is 14.7 Å². The third-order valence-electron chi connectivity index (χ3n) is 2.96. The number of rotatable bonds is 2. The molecule has 0 aliphatic carbocycles. The molecule has 0 bridgehead atoms. The first-order chi connectivity index (χ1) is 10.1. The number of hydrogen-bond acceptors (Lipinski definition) is 5. The maximum absolute atomic E-state index is 11.9. The van der Waals surface area contributed by atoms with E-state index in [4.69, 9.17) is 5.73 Å². The summed E-state index contributed by atoms with van der Waals surface area (Å²) >= 11 is 0. The van der Waals surface area contributed by atoms with Crippen LogP contribution in [-0.4, -0.2) is 24.9 Å². The fourth-order valence-electron chi connectivity index (χ4n) is 1.98. The predicted octanol–water partition coefficient (Wildman–Crippen LogP) is 0.204. The molecule has 2 heterocycles. The Morgan fingerprint density at radius 2 is 1.81 bits per heavy atom. The van der Waals surface area contributed by atoms with Crippen molar-refractivity contribution in [2.75, 3.05) is 5.73 Å². The predicted molar refractivity (Wildman–Crippen MR) is 76.3 cm³/mol. The Labute approximate surface area is 117 Å². The molecule has 0 amide bonds. The van der Waals surface area contributed by atoms with Gasteiger partial charge in [-0.2, -0.15) is 5.10 Å². The fourth-order valence-corrected chi connectivity index (χ4v) is 1.98. The van der Waals surface area contributed by atoms with Gasteiger partial charge in [-0.1, -0.05) is 0 Å². The molecule has 2 aromatic heterocycles. The number of hydrogen-bond donors (Lipinski definition) is 4.